The number of halogens is 6. The van der Waals surface area contributed by atoms with Crippen LogP contribution >= 0.6 is 0 Å². The van der Waals surface area contributed by atoms with Gasteiger partial charge in [0, 0.05) is 6.54 Å². The van der Waals surface area contributed by atoms with Gasteiger partial charge in [0.1, 0.15) is 5.69 Å². The summed E-state index contributed by atoms with van der Waals surface area (Å²) in [6.07, 6.45) is -6.03. The molecule has 3 rings (SSSR count). The molecule has 0 aliphatic rings. The highest BCUT2D eigenvalue weighted by molar-refractivity contribution is 7.92. The third-order valence-corrected chi connectivity index (χ3v) is 5.99. The van der Waals surface area contributed by atoms with Crippen LogP contribution in [0.2, 0.25) is 0 Å². The van der Waals surface area contributed by atoms with Gasteiger partial charge in [0.2, 0.25) is 0 Å². The molecule has 1 heterocycles. The minimum absolute atomic E-state index is 0.285. The first-order chi connectivity index (χ1) is 15.3. The van der Waals surface area contributed by atoms with Gasteiger partial charge in [-0.25, -0.2) is 12.8 Å². The van der Waals surface area contributed by atoms with Crippen molar-refractivity contribution < 1.29 is 39.5 Å². The van der Waals surface area contributed by atoms with E-state index in [1.165, 1.54) is 37.3 Å². The minimum Gasteiger partial charge on any atom is -0.494 e. The molecule has 2 aromatic carbocycles. The van der Waals surface area contributed by atoms with E-state index in [-0.39, 0.29) is 10.6 Å². The Bertz CT molecular complexity index is 1260. The molecule has 0 radical (unpaired) electrons. The highest BCUT2D eigenvalue weighted by Crippen LogP contribution is 2.49. The fourth-order valence-corrected chi connectivity index (χ4v) is 4.13. The number of anilines is 1. The molecule has 0 bridgehead atoms. The molecular formula is C20H17F6N3O3S. The van der Waals surface area contributed by atoms with E-state index in [1.54, 1.807) is 0 Å². The fraction of sp³-hybridized carbons (Fsp3) is 0.250. The van der Waals surface area contributed by atoms with Crippen LogP contribution in [0.4, 0.5) is 32.2 Å². The number of hydrogen-bond acceptors (Lipinski definition) is 4. The van der Waals surface area contributed by atoms with E-state index in [9.17, 15) is 34.8 Å². The number of aromatic nitrogens is 2. The summed E-state index contributed by atoms with van der Waals surface area (Å²) in [5, 5.41) is 3.66. The molecular weight excluding hydrogens is 476 g/mol. The maximum Gasteiger partial charge on any atom is 0.459 e. The second kappa shape index (κ2) is 8.61. The summed E-state index contributed by atoms with van der Waals surface area (Å²) >= 11 is 0. The van der Waals surface area contributed by atoms with Gasteiger partial charge in [-0.05, 0) is 36.8 Å². The van der Waals surface area contributed by atoms with Crippen LogP contribution in [0.15, 0.2) is 53.4 Å². The molecule has 13 heteroatoms. The van der Waals surface area contributed by atoms with Crippen LogP contribution in [0, 0.1) is 5.82 Å². The monoisotopic (exact) mass is 493 g/mol. The van der Waals surface area contributed by atoms with Crippen LogP contribution in [-0.2, 0) is 22.5 Å². The van der Waals surface area contributed by atoms with Gasteiger partial charge in [-0.1, -0.05) is 24.3 Å². The molecule has 0 saturated carbocycles. The van der Waals surface area contributed by atoms with Crippen LogP contribution in [-0.4, -0.2) is 31.5 Å². The Kier molecular flexibility index (Phi) is 6.37. The zero-order chi connectivity index (χ0) is 24.6. The summed E-state index contributed by atoms with van der Waals surface area (Å²) in [7, 11) is -3.30. The number of nitrogens with one attached hydrogen (secondary N) is 1. The summed E-state index contributed by atoms with van der Waals surface area (Å²) in [6, 6.07) is 9.39. The number of aryl methyl sites for hydroxylation is 1. The number of methoxy groups -OCH3 is 1. The molecule has 0 unspecified atom stereocenters. The number of alkyl halides is 5. The summed E-state index contributed by atoms with van der Waals surface area (Å²) < 4.78 is 116. The van der Waals surface area contributed by atoms with Crippen LogP contribution in [0.5, 0.6) is 5.75 Å². The Balaban J connectivity index is 2.31. The number of nitrogens with zero attached hydrogens (tertiary/aromatic N) is 2. The van der Waals surface area contributed by atoms with Crippen molar-refractivity contribution in [1.29, 1.82) is 0 Å². The summed E-state index contributed by atoms with van der Waals surface area (Å²) in [6.45, 7) is 0.788. The Hall–Kier alpha value is -3.22. The van der Waals surface area contributed by atoms with Crippen molar-refractivity contribution in [3.63, 3.8) is 0 Å². The molecule has 178 valence electrons. The predicted octanol–water partition coefficient (Wildman–Crippen LogP) is 5.17. The lowest BCUT2D eigenvalue weighted by Crippen LogP contribution is -2.36. The second-order valence-corrected chi connectivity index (χ2v) is 8.41. The lowest BCUT2D eigenvalue weighted by molar-refractivity contribution is -0.291. The van der Waals surface area contributed by atoms with Gasteiger partial charge in [0.25, 0.3) is 10.0 Å². The van der Waals surface area contributed by atoms with Gasteiger partial charge in [-0.2, -0.15) is 27.1 Å². The molecule has 0 amide bonds. The zero-order valence-corrected chi connectivity index (χ0v) is 17.9. The predicted molar refractivity (Wildman–Crippen MR) is 107 cm³/mol. The lowest BCUT2D eigenvalue weighted by atomic mass is 10.0. The van der Waals surface area contributed by atoms with Gasteiger partial charge in [-0.15, -0.1) is 0 Å². The topological polar surface area (TPSA) is 73.2 Å². The third-order valence-electron chi connectivity index (χ3n) is 4.63. The SMILES string of the molecule is CCn1nc(NS(=O)(=O)c2ccccc2)c(-c2ccc(OC)c(F)c2)c1C(F)(F)C(F)(F)F. The number of hydrogen-bond donors (Lipinski definition) is 1. The van der Waals surface area contributed by atoms with E-state index >= 15 is 0 Å². The van der Waals surface area contributed by atoms with Gasteiger partial charge in [0.15, 0.2) is 17.4 Å². The lowest BCUT2D eigenvalue weighted by Gasteiger charge is -2.22. The smallest absolute Gasteiger partial charge is 0.459 e. The number of sulfonamides is 1. The van der Waals surface area contributed by atoms with Gasteiger partial charge in [0.05, 0.1) is 17.6 Å². The molecule has 1 N–H and O–H groups in total. The van der Waals surface area contributed by atoms with E-state index in [0.29, 0.717) is 10.7 Å². The maximum atomic E-state index is 14.6. The third kappa shape index (κ3) is 4.49. The number of benzene rings is 2. The molecule has 0 atom stereocenters. The Morgan fingerprint density at radius 2 is 1.70 bits per heavy atom. The van der Waals surface area contributed by atoms with Crippen molar-refractivity contribution in [2.45, 2.75) is 30.5 Å². The van der Waals surface area contributed by atoms with E-state index in [4.69, 9.17) is 4.74 Å². The van der Waals surface area contributed by atoms with Crippen molar-refractivity contribution in [3.8, 4) is 16.9 Å². The van der Waals surface area contributed by atoms with Crippen LogP contribution in [0.3, 0.4) is 0 Å². The molecule has 0 aliphatic heterocycles. The van der Waals surface area contributed by atoms with Crippen LogP contribution < -0.4 is 9.46 Å². The van der Waals surface area contributed by atoms with E-state index < -0.39 is 57.1 Å². The van der Waals surface area contributed by atoms with E-state index in [1.807, 2.05) is 4.72 Å². The summed E-state index contributed by atoms with van der Waals surface area (Å²) in [4.78, 5) is -0.285. The molecule has 3 aromatic rings. The summed E-state index contributed by atoms with van der Waals surface area (Å²) in [5.41, 5.74) is -3.01. The van der Waals surface area contributed by atoms with E-state index in [2.05, 4.69) is 5.10 Å². The molecule has 0 aliphatic carbocycles. The molecule has 1 aromatic heterocycles. The van der Waals surface area contributed by atoms with Crippen molar-refractivity contribution in [2.24, 2.45) is 0 Å². The quantitative estimate of drug-likeness (QED) is 0.461. The maximum absolute atomic E-state index is 14.6. The Labute approximate surface area is 184 Å². The Morgan fingerprint density at radius 1 is 1.06 bits per heavy atom. The Morgan fingerprint density at radius 3 is 2.21 bits per heavy atom. The zero-order valence-electron chi connectivity index (χ0n) is 17.1. The highest BCUT2D eigenvalue weighted by Gasteiger charge is 2.62. The van der Waals surface area contributed by atoms with Gasteiger partial charge in [-0.3, -0.25) is 9.40 Å². The average Bonchev–Trinajstić information content (AvgIpc) is 3.11. The van der Waals surface area contributed by atoms with Crippen molar-refractivity contribution >= 4 is 15.8 Å². The average molecular weight is 493 g/mol. The first-order valence-corrected chi connectivity index (χ1v) is 10.8. The van der Waals surface area contributed by atoms with Crippen LogP contribution in [0.1, 0.15) is 12.6 Å². The van der Waals surface area contributed by atoms with Crippen LogP contribution in [0.25, 0.3) is 11.1 Å². The van der Waals surface area contributed by atoms with Gasteiger partial charge < -0.3 is 4.74 Å². The first kappa shape index (κ1) is 24.4. The number of rotatable bonds is 7. The second-order valence-electron chi connectivity index (χ2n) is 6.73. The molecule has 33 heavy (non-hydrogen) atoms. The molecule has 0 spiro atoms. The fourth-order valence-electron chi connectivity index (χ4n) is 3.10. The largest absolute Gasteiger partial charge is 0.494 e. The normalized spacial score (nSPS) is 12.6. The minimum atomic E-state index is -6.03. The highest BCUT2D eigenvalue weighted by atomic mass is 32.2. The van der Waals surface area contributed by atoms with Gasteiger partial charge >= 0.3 is 12.1 Å². The summed E-state index contributed by atoms with van der Waals surface area (Å²) in [5.74, 6) is -7.60. The van der Waals surface area contributed by atoms with Crippen molar-refractivity contribution in [2.75, 3.05) is 11.8 Å². The van der Waals surface area contributed by atoms with Crippen molar-refractivity contribution in [1.82, 2.24) is 9.78 Å². The molecule has 6 nitrogen and oxygen atoms in total. The molecule has 0 fully saturated rings. The van der Waals surface area contributed by atoms with Crippen molar-refractivity contribution in [3.05, 3.63) is 60.0 Å². The standard InChI is InChI=1S/C20H17F6N3O3S/c1-3-29-17(19(22,23)20(24,25)26)16(12-9-10-15(32-2)14(21)11-12)18(27-29)28-33(30,31)13-7-5-4-6-8-13/h4-11H,3H2,1-2H3,(H,27,28). The molecule has 0 saturated heterocycles. The van der Waals surface area contributed by atoms with E-state index in [0.717, 1.165) is 19.2 Å². The first-order valence-electron chi connectivity index (χ1n) is 9.31. The number of ether oxygens (including phenoxy) is 1.